The van der Waals surface area contributed by atoms with Crippen molar-refractivity contribution < 1.29 is 4.55 Å². The third kappa shape index (κ3) is 1.96. The molecular weight excluding hydrogens is 196 g/mol. The molecule has 0 aliphatic carbocycles. The van der Waals surface area contributed by atoms with E-state index in [1.807, 2.05) is 4.68 Å². The van der Waals surface area contributed by atoms with Crippen LogP contribution in [0.2, 0.25) is 0 Å². The minimum absolute atomic E-state index is 0.461. The lowest BCUT2D eigenvalue weighted by atomic mass is 10.1. The molecule has 0 fully saturated rings. The van der Waals surface area contributed by atoms with Crippen molar-refractivity contribution in [2.75, 3.05) is 5.75 Å². The van der Waals surface area contributed by atoms with Crippen LogP contribution in [-0.4, -0.2) is 20.1 Å². The van der Waals surface area contributed by atoms with Gasteiger partial charge in [-0.2, -0.15) is 5.10 Å². The molecule has 1 unspecified atom stereocenters. The molecule has 1 aliphatic rings. The topological polar surface area (TPSA) is 40.9 Å². The molecule has 78 valence electrons. The van der Waals surface area contributed by atoms with E-state index in [1.165, 1.54) is 5.69 Å². The monoisotopic (exact) mass is 212 g/mol. The molecule has 1 atom stereocenters. The minimum atomic E-state index is -0.718. The molecule has 0 spiro atoms. The van der Waals surface area contributed by atoms with Crippen LogP contribution in [0.25, 0.3) is 0 Å². The van der Waals surface area contributed by atoms with E-state index < -0.39 is 11.2 Å². The Hall–Kier alpha value is -0.480. The molecule has 14 heavy (non-hydrogen) atoms. The van der Waals surface area contributed by atoms with E-state index in [4.69, 9.17) is 0 Å². The lowest BCUT2D eigenvalue weighted by Crippen LogP contribution is -2.13. The molecule has 1 aromatic rings. The Morgan fingerprint density at radius 2 is 2.36 bits per heavy atom. The lowest BCUT2D eigenvalue weighted by molar-refractivity contribution is 0.574. The van der Waals surface area contributed by atoms with E-state index in [9.17, 15) is 4.55 Å². The fourth-order valence-corrected chi connectivity index (χ4v) is 2.78. The van der Waals surface area contributed by atoms with E-state index in [0.29, 0.717) is 11.8 Å². The summed E-state index contributed by atoms with van der Waals surface area (Å²) in [5, 5.41) is 4.48. The summed E-state index contributed by atoms with van der Waals surface area (Å²) < 4.78 is 13.4. The second kappa shape index (κ2) is 3.95. The van der Waals surface area contributed by atoms with Crippen LogP contribution in [-0.2, 0) is 23.5 Å². The molecule has 3 nitrogen and oxygen atoms in total. The van der Waals surface area contributed by atoms with Crippen LogP contribution < -0.4 is 0 Å². The van der Waals surface area contributed by atoms with Crippen molar-refractivity contribution in [3.8, 4) is 0 Å². The summed E-state index contributed by atoms with van der Waals surface area (Å²) in [5.41, 5.74) is 2.37. The van der Waals surface area contributed by atoms with Crippen molar-refractivity contribution in [3.05, 3.63) is 17.5 Å². The van der Waals surface area contributed by atoms with Gasteiger partial charge in [-0.05, 0) is 36.0 Å². The van der Waals surface area contributed by atoms with Crippen LogP contribution in [0.4, 0.5) is 0 Å². The zero-order valence-electron chi connectivity index (χ0n) is 8.69. The number of fused-ring (bicyclic) bond motifs is 1. The highest BCUT2D eigenvalue weighted by Crippen LogP contribution is 2.19. The van der Waals surface area contributed by atoms with Gasteiger partial charge < -0.3 is 4.55 Å². The summed E-state index contributed by atoms with van der Waals surface area (Å²) in [6.45, 7) is 4.28. The van der Waals surface area contributed by atoms with E-state index in [-0.39, 0.29) is 0 Å². The van der Waals surface area contributed by atoms with E-state index in [2.05, 4.69) is 25.0 Å². The molecule has 1 aliphatic heterocycles. The van der Waals surface area contributed by atoms with Gasteiger partial charge in [-0.1, -0.05) is 13.8 Å². The Bertz CT molecular complexity index is 322. The standard InChI is InChI=1S/C10H16N2OS/c1-8(2)10-6-9-4-3-5-14(13)7-12(9)11-10/h6,8H,3-5,7H2,1-2H3. The van der Waals surface area contributed by atoms with Gasteiger partial charge in [0, 0.05) is 5.69 Å². The van der Waals surface area contributed by atoms with Crippen molar-refractivity contribution in [3.63, 3.8) is 0 Å². The predicted octanol–water partition coefficient (Wildman–Crippen LogP) is 1.66. The molecule has 1 aromatic heterocycles. The van der Waals surface area contributed by atoms with Crippen molar-refractivity contribution in [2.45, 2.75) is 38.5 Å². The van der Waals surface area contributed by atoms with Gasteiger partial charge >= 0.3 is 0 Å². The lowest BCUT2D eigenvalue weighted by Gasteiger charge is -2.07. The molecule has 0 radical (unpaired) electrons. The molecule has 0 bridgehead atoms. The van der Waals surface area contributed by atoms with Gasteiger partial charge in [0.2, 0.25) is 0 Å². The maximum atomic E-state index is 11.5. The van der Waals surface area contributed by atoms with Gasteiger partial charge in [-0.15, -0.1) is 0 Å². The number of hydrogen-bond acceptors (Lipinski definition) is 2. The second-order valence-corrected chi connectivity index (χ2v) is 5.64. The van der Waals surface area contributed by atoms with Crippen molar-refractivity contribution in [1.29, 1.82) is 0 Å². The molecule has 2 heterocycles. The average molecular weight is 212 g/mol. The maximum absolute atomic E-state index is 11.5. The molecule has 0 N–H and O–H groups in total. The van der Waals surface area contributed by atoms with Gasteiger partial charge in [0.1, 0.15) is 5.75 Å². The highest BCUT2D eigenvalue weighted by molar-refractivity contribution is 7.90. The first kappa shape index (κ1) is 10.1. The van der Waals surface area contributed by atoms with Crippen LogP contribution in [0.3, 0.4) is 0 Å². The predicted molar refractivity (Wildman–Crippen MR) is 57.6 cm³/mol. The van der Waals surface area contributed by atoms with E-state index in [1.54, 1.807) is 0 Å². The Kier molecular flexibility index (Phi) is 2.83. The van der Waals surface area contributed by atoms with Crippen LogP contribution in [0.15, 0.2) is 6.07 Å². The van der Waals surface area contributed by atoms with Crippen LogP contribution >= 0.6 is 0 Å². The number of rotatable bonds is 1. The molecule has 0 aromatic carbocycles. The van der Waals surface area contributed by atoms with E-state index >= 15 is 0 Å². The van der Waals surface area contributed by atoms with E-state index in [0.717, 1.165) is 24.3 Å². The van der Waals surface area contributed by atoms with Gasteiger partial charge in [0.05, 0.1) is 5.69 Å². The highest BCUT2D eigenvalue weighted by atomic mass is 32.2. The number of aromatic nitrogens is 2. The smallest absolute Gasteiger partial charge is 0.197 e. The fourth-order valence-electron chi connectivity index (χ4n) is 1.69. The molecule has 0 amide bonds. The first-order valence-corrected chi connectivity index (χ1v) is 6.57. The van der Waals surface area contributed by atoms with Gasteiger partial charge in [-0.3, -0.25) is 0 Å². The maximum Gasteiger partial charge on any atom is 0.197 e. The third-order valence-corrected chi connectivity index (χ3v) is 3.82. The van der Waals surface area contributed by atoms with Gasteiger partial charge in [0.25, 0.3) is 0 Å². The zero-order chi connectivity index (χ0) is 10.1. The molecule has 0 saturated carbocycles. The average Bonchev–Trinajstić information content (AvgIpc) is 2.42. The van der Waals surface area contributed by atoms with Gasteiger partial charge in [-0.25, -0.2) is 4.68 Å². The highest BCUT2D eigenvalue weighted by Gasteiger charge is 2.18. The van der Waals surface area contributed by atoms with Crippen molar-refractivity contribution >= 4 is 11.2 Å². The summed E-state index contributed by atoms with van der Waals surface area (Å²) in [4.78, 5) is 0. The van der Waals surface area contributed by atoms with Crippen LogP contribution in [0, 0.1) is 0 Å². The fraction of sp³-hybridized carbons (Fsp3) is 0.700. The summed E-state index contributed by atoms with van der Waals surface area (Å²) in [5.74, 6) is 1.87. The zero-order valence-corrected chi connectivity index (χ0v) is 9.51. The Labute approximate surface area is 87.7 Å². The second-order valence-electron chi connectivity index (χ2n) is 4.09. The van der Waals surface area contributed by atoms with Gasteiger partial charge in [0.15, 0.2) is 5.88 Å². The van der Waals surface area contributed by atoms with Crippen molar-refractivity contribution in [2.24, 2.45) is 0 Å². The summed E-state index contributed by atoms with van der Waals surface area (Å²) >= 11 is -0.718. The Morgan fingerprint density at radius 3 is 3.07 bits per heavy atom. The Balaban J connectivity index is 2.27. The quantitative estimate of drug-likeness (QED) is 0.664. The van der Waals surface area contributed by atoms with Crippen LogP contribution in [0.1, 0.15) is 37.6 Å². The molecular formula is C10H16N2OS. The van der Waals surface area contributed by atoms with Crippen LogP contribution in [0.5, 0.6) is 0 Å². The third-order valence-electron chi connectivity index (χ3n) is 2.54. The minimum Gasteiger partial charge on any atom is -0.615 e. The summed E-state index contributed by atoms with van der Waals surface area (Å²) in [6, 6.07) is 2.16. The number of aryl methyl sites for hydroxylation is 1. The number of hydrogen-bond donors (Lipinski definition) is 0. The largest absolute Gasteiger partial charge is 0.615 e. The molecule has 0 saturated heterocycles. The normalized spacial score (nSPS) is 22.1. The summed E-state index contributed by atoms with van der Waals surface area (Å²) in [6.07, 6.45) is 2.04. The SMILES string of the molecule is CC(C)c1cc2n(n1)C[S+]([O-])CCC2. The number of nitrogens with zero attached hydrogens (tertiary/aromatic N) is 2. The van der Waals surface area contributed by atoms with Crippen molar-refractivity contribution in [1.82, 2.24) is 9.78 Å². The molecule has 4 heteroatoms. The molecule has 2 rings (SSSR count). The first-order valence-electron chi connectivity index (χ1n) is 5.08. The summed E-state index contributed by atoms with van der Waals surface area (Å²) in [7, 11) is 0. The first-order chi connectivity index (χ1) is 6.66. The Morgan fingerprint density at radius 1 is 1.57 bits per heavy atom.